The van der Waals surface area contributed by atoms with E-state index in [4.69, 9.17) is 20.8 Å². The highest BCUT2D eigenvalue weighted by atomic mass is 35.5. The molecule has 0 bridgehead atoms. The maximum absolute atomic E-state index is 13.3. The number of furan rings is 1. The van der Waals surface area contributed by atoms with Crippen molar-refractivity contribution in [3.05, 3.63) is 89.1 Å². The molecule has 2 amide bonds. The molecule has 0 radical (unpaired) electrons. The van der Waals surface area contributed by atoms with Crippen molar-refractivity contribution in [2.75, 3.05) is 6.61 Å². The third kappa shape index (κ3) is 6.33. The van der Waals surface area contributed by atoms with Crippen LogP contribution in [0.15, 0.2) is 71.3 Å². The van der Waals surface area contributed by atoms with Gasteiger partial charge in [0.05, 0.1) is 17.8 Å². The van der Waals surface area contributed by atoms with Crippen LogP contribution in [0.1, 0.15) is 18.2 Å². The number of rotatable bonds is 9. The number of benzene rings is 2. The van der Waals surface area contributed by atoms with Gasteiger partial charge in [-0.05, 0) is 48.9 Å². The predicted molar refractivity (Wildman–Crippen MR) is 114 cm³/mol. The quantitative estimate of drug-likeness (QED) is 0.537. The molecule has 0 spiro atoms. The predicted octanol–water partition coefficient (Wildman–Crippen LogP) is 4.18. The highest BCUT2D eigenvalue weighted by Crippen LogP contribution is 2.23. The average molecular weight is 445 g/mol. The normalized spacial score (nSPS) is 11.6. The molecule has 3 aromatic rings. The summed E-state index contributed by atoms with van der Waals surface area (Å²) in [5.74, 6) is -0.185. The first-order chi connectivity index (χ1) is 14.9. The van der Waals surface area contributed by atoms with Gasteiger partial charge in [-0.1, -0.05) is 35.9 Å². The van der Waals surface area contributed by atoms with E-state index < -0.39 is 11.9 Å². The Bertz CT molecular complexity index is 1010. The molecule has 1 N–H and O–H groups in total. The summed E-state index contributed by atoms with van der Waals surface area (Å²) in [6.07, 6.45) is 1.52. The van der Waals surface area contributed by atoms with E-state index in [1.165, 1.54) is 23.3 Å². The zero-order chi connectivity index (χ0) is 22.2. The lowest BCUT2D eigenvalue weighted by atomic mass is 10.1. The van der Waals surface area contributed by atoms with Gasteiger partial charge in [-0.15, -0.1) is 0 Å². The molecule has 6 nitrogen and oxygen atoms in total. The van der Waals surface area contributed by atoms with E-state index in [9.17, 15) is 14.0 Å². The monoisotopic (exact) mass is 444 g/mol. The fourth-order valence-electron chi connectivity index (χ4n) is 2.89. The Kier molecular flexibility index (Phi) is 7.67. The molecule has 0 unspecified atom stereocenters. The highest BCUT2D eigenvalue weighted by Gasteiger charge is 2.26. The van der Waals surface area contributed by atoms with E-state index in [0.29, 0.717) is 22.1 Å². The van der Waals surface area contributed by atoms with Crippen molar-refractivity contribution >= 4 is 23.4 Å². The van der Waals surface area contributed by atoms with Gasteiger partial charge in [0.25, 0.3) is 5.91 Å². The molecular weight excluding hydrogens is 423 g/mol. The Balaban J connectivity index is 1.70. The first kappa shape index (κ1) is 22.4. The summed E-state index contributed by atoms with van der Waals surface area (Å²) in [6, 6.07) is 15.2. The molecule has 0 aliphatic rings. The van der Waals surface area contributed by atoms with Crippen LogP contribution >= 0.6 is 11.6 Å². The topological polar surface area (TPSA) is 71.8 Å². The number of carbonyl (C=O) groups excluding carboxylic acids is 2. The van der Waals surface area contributed by atoms with E-state index in [0.717, 1.165) is 0 Å². The Morgan fingerprint density at radius 2 is 1.87 bits per heavy atom. The molecule has 162 valence electrons. The summed E-state index contributed by atoms with van der Waals surface area (Å²) in [7, 11) is 0. The second-order valence-electron chi connectivity index (χ2n) is 6.84. The molecular formula is C23H22ClFN2O4. The molecule has 2 aromatic carbocycles. The lowest BCUT2D eigenvalue weighted by Crippen LogP contribution is -2.48. The zero-order valence-electron chi connectivity index (χ0n) is 16.9. The van der Waals surface area contributed by atoms with Gasteiger partial charge in [0.2, 0.25) is 5.91 Å². The van der Waals surface area contributed by atoms with Gasteiger partial charge in [-0.25, -0.2) is 4.39 Å². The zero-order valence-corrected chi connectivity index (χ0v) is 17.6. The Morgan fingerprint density at radius 3 is 2.55 bits per heavy atom. The van der Waals surface area contributed by atoms with Crippen LogP contribution in [-0.4, -0.2) is 29.4 Å². The Morgan fingerprint density at radius 1 is 1.13 bits per heavy atom. The van der Waals surface area contributed by atoms with Crippen LogP contribution in [0.25, 0.3) is 0 Å². The van der Waals surface area contributed by atoms with Gasteiger partial charge < -0.3 is 19.4 Å². The fraction of sp³-hybridized carbons (Fsp3) is 0.217. The first-order valence-corrected chi connectivity index (χ1v) is 10.0. The number of nitrogens with zero attached hydrogens (tertiary/aromatic N) is 1. The van der Waals surface area contributed by atoms with Crippen LogP contribution in [0.3, 0.4) is 0 Å². The lowest BCUT2D eigenvalue weighted by Gasteiger charge is -2.28. The number of para-hydroxylation sites is 1. The summed E-state index contributed by atoms with van der Waals surface area (Å²) >= 11 is 6.08. The number of ether oxygens (including phenoxy) is 1. The molecule has 0 aliphatic heterocycles. The van der Waals surface area contributed by atoms with Crippen LogP contribution in [0.5, 0.6) is 5.75 Å². The molecule has 0 fully saturated rings. The second kappa shape index (κ2) is 10.6. The summed E-state index contributed by atoms with van der Waals surface area (Å²) in [4.78, 5) is 27.0. The number of hydrogen-bond acceptors (Lipinski definition) is 4. The van der Waals surface area contributed by atoms with E-state index >= 15 is 0 Å². The molecule has 3 rings (SSSR count). The first-order valence-electron chi connectivity index (χ1n) is 9.65. The minimum atomic E-state index is -0.803. The summed E-state index contributed by atoms with van der Waals surface area (Å²) in [5, 5.41) is 3.13. The summed E-state index contributed by atoms with van der Waals surface area (Å²) in [5.41, 5.74) is 0.679. The van der Waals surface area contributed by atoms with Crippen molar-refractivity contribution in [1.82, 2.24) is 10.2 Å². The van der Waals surface area contributed by atoms with Gasteiger partial charge >= 0.3 is 0 Å². The number of halogens is 2. The number of nitrogens with one attached hydrogen (secondary N) is 1. The number of hydrogen-bond donors (Lipinski definition) is 1. The van der Waals surface area contributed by atoms with Gasteiger partial charge in [-0.3, -0.25) is 9.59 Å². The van der Waals surface area contributed by atoms with Crippen molar-refractivity contribution in [1.29, 1.82) is 0 Å². The molecule has 1 aromatic heterocycles. The molecule has 31 heavy (non-hydrogen) atoms. The third-order valence-electron chi connectivity index (χ3n) is 4.64. The van der Waals surface area contributed by atoms with Crippen molar-refractivity contribution in [2.24, 2.45) is 0 Å². The SMILES string of the molecule is C[C@H](C(=O)NCc1ccco1)N(Cc1ccc(F)cc1)C(=O)COc1ccccc1Cl. The van der Waals surface area contributed by atoms with Gasteiger partial charge in [0, 0.05) is 6.54 Å². The van der Waals surface area contributed by atoms with Crippen LogP contribution in [0, 0.1) is 5.82 Å². The van der Waals surface area contributed by atoms with Crippen molar-refractivity contribution < 1.29 is 23.1 Å². The molecule has 0 aliphatic carbocycles. The molecule has 1 atom stereocenters. The maximum Gasteiger partial charge on any atom is 0.261 e. The minimum Gasteiger partial charge on any atom is -0.482 e. The highest BCUT2D eigenvalue weighted by molar-refractivity contribution is 6.32. The van der Waals surface area contributed by atoms with Crippen molar-refractivity contribution in [2.45, 2.75) is 26.1 Å². The Hall–Kier alpha value is -3.32. The third-order valence-corrected chi connectivity index (χ3v) is 4.95. The number of carbonyl (C=O) groups is 2. The van der Waals surface area contributed by atoms with Crippen LogP contribution in [0.2, 0.25) is 5.02 Å². The maximum atomic E-state index is 13.3. The standard InChI is InChI=1S/C23H22ClFN2O4/c1-16(23(29)26-13-19-5-4-12-30-19)27(14-17-8-10-18(25)11-9-17)22(28)15-31-21-7-3-2-6-20(21)24/h2-12,16H,13-15H2,1H3,(H,26,29)/t16-/m1/s1. The molecule has 0 saturated carbocycles. The van der Waals surface area contributed by atoms with E-state index in [2.05, 4.69) is 5.32 Å². The van der Waals surface area contributed by atoms with Crippen molar-refractivity contribution in [3.63, 3.8) is 0 Å². The van der Waals surface area contributed by atoms with E-state index in [1.54, 1.807) is 55.5 Å². The fourth-order valence-corrected chi connectivity index (χ4v) is 3.08. The van der Waals surface area contributed by atoms with Crippen LogP contribution in [-0.2, 0) is 22.7 Å². The smallest absolute Gasteiger partial charge is 0.261 e. The number of amides is 2. The van der Waals surface area contributed by atoms with Gasteiger partial charge in [0.1, 0.15) is 23.4 Å². The van der Waals surface area contributed by atoms with Gasteiger partial charge in [-0.2, -0.15) is 0 Å². The minimum absolute atomic E-state index is 0.111. The summed E-state index contributed by atoms with van der Waals surface area (Å²) in [6.45, 7) is 1.63. The molecule has 8 heteroatoms. The summed E-state index contributed by atoms with van der Waals surface area (Å²) < 4.78 is 24.0. The average Bonchev–Trinajstić information content (AvgIpc) is 3.29. The van der Waals surface area contributed by atoms with Crippen molar-refractivity contribution in [3.8, 4) is 5.75 Å². The lowest BCUT2D eigenvalue weighted by molar-refractivity contribution is -0.142. The van der Waals surface area contributed by atoms with Crippen LogP contribution in [0.4, 0.5) is 4.39 Å². The van der Waals surface area contributed by atoms with E-state index in [1.807, 2.05) is 0 Å². The largest absolute Gasteiger partial charge is 0.482 e. The Labute approximate surface area is 184 Å². The molecule has 0 saturated heterocycles. The van der Waals surface area contributed by atoms with E-state index in [-0.39, 0.29) is 31.4 Å². The van der Waals surface area contributed by atoms with Crippen LogP contribution < -0.4 is 10.1 Å². The molecule has 1 heterocycles. The second-order valence-corrected chi connectivity index (χ2v) is 7.25. The van der Waals surface area contributed by atoms with Gasteiger partial charge in [0.15, 0.2) is 6.61 Å².